The van der Waals surface area contributed by atoms with Crippen molar-refractivity contribution in [3.05, 3.63) is 41.5 Å². The maximum absolute atomic E-state index is 12.2. The molecule has 1 amide bonds. The van der Waals surface area contributed by atoms with Gasteiger partial charge in [0.1, 0.15) is 0 Å². The first-order chi connectivity index (χ1) is 10.5. The molecule has 0 spiro atoms. The van der Waals surface area contributed by atoms with Crippen LogP contribution in [0.2, 0.25) is 0 Å². The molecule has 0 saturated carbocycles. The molecular weight excluding hydrogens is 274 g/mol. The number of carbonyl (C=O) groups is 1. The fourth-order valence-electron chi connectivity index (χ4n) is 2.68. The first-order valence-electron chi connectivity index (χ1n) is 7.91. The van der Waals surface area contributed by atoms with Crippen LogP contribution in [0.3, 0.4) is 0 Å². The Bertz CT molecular complexity index is 510. The van der Waals surface area contributed by atoms with Gasteiger partial charge < -0.3 is 9.80 Å². The van der Waals surface area contributed by atoms with E-state index in [1.807, 2.05) is 37.2 Å². The standard InChI is InChI=1S/C18H27N3O/c1-16(13-17-7-5-4-6-8-17)14-20-10-12-21(18(22)15-20)11-9-19(2)3/h4-8,13H,9-12,14-15H2,1-3H3. The Morgan fingerprint density at radius 3 is 2.59 bits per heavy atom. The summed E-state index contributed by atoms with van der Waals surface area (Å²) in [6.45, 7) is 7.09. The fraction of sp³-hybridized carbons (Fsp3) is 0.500. The van der Waals surface area contributed by atoms with Crippen molar-refractivity contribution in [1.82, 2.24) is 14.7 Å². The lowest BCUT2D eigenvalue weighted by Gasteiger charge is -2.35. The summed E-state index contributed by atoms with van der Waals surface area (Å²) in [6.07, 6.45) is 2.20. The quantitative estimate of drug-likeness (QED) is 0.801. The van der Waals surface area contributed by atoms with Gasteiger partial charge in [-0.25, -0.2) is 0 Å². The first kappa shape index (κ1) is 16.7. The number of piperazine rings is 1. The molecule has 120 valence electrons. The first-order valence-corrected chi connectivity index (χ1v) is 7.91. The van der Waals surface area contributed by atoms with E-state index >= 15 is 0 Å². The summed E-state index contributed by atoms with van der Waals surface area (Å²) in [7, 11) is 4.08. The predicted molar refractivity (Wildman–Crippen MR) is 91.7 cm³/mol. The van der Waals surface area contributed by atoms with Crippen molar-refractivity contribution in [1.29, 1.82) is 0 Å². The number of carbonyl (C=O) groups excluding carboxylic acids is 1. The largest absolute Gasteiger partial charge is 0.339 e. The molecule has 0 aromatic heterocycles. The molecule has 4 nitrogen and oxygen atoms in total. The highest BCUT2D eigenvalue weighted by molar-refractivity contribution is 5.79. The third-order valence-electron chi connectivity index (χ3n) is 3.90. The van der Waals surface area contributed by atoms with Crippen LogP contribution in [0.5, 0.6) is 0 Å². The van der Waals surface area contributed by atoms with Gasteiger partial charge in [0, 0.05) is 32.7 Å². The molecule has 0 unspecified atom stereocenters. The van der Waals surface area contributed by atoms with Gasteiger partial charge in [0.15, 0.2) is 0 Å². The molecule has 1 saturated heterocycles. The summed E-state index contributed by atoms with van der Waals surface area (Å²) >= 11 is 0. The van der Waals surface area contributed by atoms with Gasteiger partial charge in [0.25, 0.3) is 0 Å². The smallest absolute Gasteiger partial charge is 0.236 e. The Labute approximate surface area is 134 Å². The monoisotopic (exact) mass is 301 g/mol. The van der Waals surface area contributed by atoms with Crippen LogP contribution in [-0.2, 0) is 4.79 Å². The summed E-state index contributed by atoms with van der Waals surface area (Å²) in [5, 5.41) is 0. The van der Waals surface area contributed by atoms with E-state index in [-0.39, 0.29) is 5.91 Å². The van der Waals surface area contributed by atoms with E-state index in [0.717, 1.165) is 32.7 Å². The van der Waals surface area contributed by atoms with Crippen molar-refractivity contribution in [2.24, 2.45) is 0 Å². The molecule has 4 heteroatoms. The zero-order chi connectivity index (χ0) is 15.9. The number of benzene rings is 1. The molecular formula is C18H27N3O. The summed E-state index contributed by atoms with van der Waals surface area (Å²) in [4.78, 5) is 18.5. The lowest BCUT2D eigenvalue weighted by molar-refractivity contribution is -0.135. The van der Waals surface area contributed by atoms with Crippen LogP contribution in [0.15, 0.2) is 35.9 Å². The molecule has 1 aromatic carbocycles. The highest BCUT2D eigenvalue weighted by atomic mass is 16.2. The van der Waals surface area contributed by atoms with Gasteiger partial charge in [-0.15, -0.1) is 0 Å². The van der Waals surface area contributed by atoms with E-state index in [4.69, 9.17) is 0 Å². The second-order valence-electron chi connectivity index (χ2n) is 6.30. The lowest BCUT2D eigenvalue weighted by Crippen LogP contribution is -2.51. The molecule has 1 aliphatic rings. The average Bonchev–Trinajstić information content (AvgIpc) is 2.47. The minimum absolute atomic E-state index is 0.251. The zero-order valence-corrected chi connectivity index (χ0v) is 14.0. The topological polar surface area (TPSA) is 26.8 Å². The van der Waals surface area contributed by atoms with Crippen LogP contribution in [0, 0.1) is 0 Å². The number of rotatable bonds is 6. The molecule has 1 aromatic rings. The van der Waals surface area contributed by atoms with E-state index < -0.39 is 0 Å². The maximum atomic E-state index is 12.2. The van der Waals surface area contributed by atoms with Gasteiger partial charge >= 0.3 is 0 Å². The van der Waals surface area contributed by atoms with E-state index in [9.17, 15) is 4.79 Å². The van der Waals surface area contributed by atoms with E-state index in [1.165, 1.54) is 11.1 Å². The summed E-state index contributed by atoms with van der Waals surface area (Å²) < 4.78 is 0. The molecule has 0 aliphatic carbocycles. The number of nitrogens with zero attached hydrogens (tertiary/aromatic N) is 3. The third kappa shape index (κ3) is 5.28. The van der Waals surface area contributed by atoms with Gasteiger partial charge in [-0.05, 0) is 26.6 Å². The van der Waals surface area contributed by atoms with Crippen molar-refractivity contribution in [2.75, 3.05) is 53.4 Å². The Kier molecular flexibility index (Phi) is 6.16. The van der Waals surface area contributed by atoms with Gasteiger partial charge in [0.2, 0.25) is 5.91 Å². The molecule has 1 aliphatic heterocycles. The molecule has 2 rings (SSSR count). The van der Waals surface area contributed by atoms with Crippen molar-refractivity contribution >= 4 is 12.0 Å². The SMILES string of the molecule is CC(=Cc1ccccc1)CN1CCN(CCN(C)C)C(=O)C1. The van der Waals surface area contributed by atoms with Crippen LogP contribution >= 0.6 is 0 Å². The molecule has 22 heavy (non-hydrogen) atoms. The number of amides is 1. The average molecular weight is 301 g/mol. The van der Waals surface area contributed by atoms with Crippen LogP contribution in [0.25, 0.3) is 6.08 Å². The molecule has 1 fully saturated rings. The van der Waals surface area contributed by atoms with Crippen molar-refractivity contribution < 1.29 is 4.79 Å². The van der Waals surface area contributed by atoms with Gasteiger partial charge in [-0.1, -0.05) is 42.0 Å². The van der Waals surface area contributed by atoms with Crippen LogP contribution < -0.4 is 0 Å². The minimum Gasteiger partial charge on any atom is -0.339 e. The van der Waals surface area contributed by atoms with E-state index in [2.05, 4.69) is 34.9 Å². The number of hydrogen-bond acceptors (Lipinski definition) is 3. The number of likely N-dealkylation sites (N-methyl/N-ethyl adjacent to an activating group) is 1. The highest BCUT2D eigenvalue weighted by Crippen LogP contribution is 2.10. The van der Waals surface area contributed by atoms with Crippen molar-refractivity contribution in [2.45, 2.75) is 6.92 Å². The van der Waals surface area contributed by atoms with E-state index in [0.29, 0.717) is 6.54 Å². The van der Waals surface area contributed by atoms with Gasteiger partial charge in [-0.3, -0.25) is 9.69 Å². The Hall–Kier alpha value is -1.65. The van der Waals surface area contributed by atoms with Crippen LogP contribution in [0.1, 0.15) is 12.5 Å². The van der Waals surface area contributed by atoms with E-state index in [1.54, 1.807) is 0 Å². The lowest BCUT2D eigenvalue weighted by atomic mass is 10.1. The minimum atomic E-state index is 0.251. The molecule has 0 radical (unpaired) electrons. The Morgan fingerprint density at radius 2 is 1.95 bits per heavy atom. The Morgan fingerprint density at radius 1 is 1.23 bits per heavy atom. The van der Waals surface area contributed by atoms with Crippen LogP contribution in [-0.4, -0.2) is 74.0 Å². The summed E-state index contributed by atoms with van der Waals surface area (Å²) in [5.74, 6) is 0.251. The predicted octanol–water partition coefficient (Wildman–Crippen LogP) is 1.80. The van der Waals surface area contributed by atoms with Crippen LogP contribution in [0.4, 0.5) is 0 Å². The van der Waals surface area contributed by atoms with Gasteiger partial charge in [0.05, 0.1) is 6.54 Å². The molecule has 0 bridgehead atoms. The fourth-order valence-corrected chi connectivity index (χ4v) is 2.68. The molecule has 0 atom stereocenters. The molecule has 1 heterocycles. The maximum Gasteiger partial charge on any atom is 0.236 e. The third-order valence-corrected chi connectivity index (χ3v) is 3.90. The normalized spacial score (nSPS) is 17.4. The summed E-state index contributed by atoms with van der Waals surface area (Å²) in [5.41, 5.74) is 2.51. The molecule has 0 N–H and O–H groups in total. The van der Waals surface area contributed by atoms with Crippen molar-refractivity contribution in [3.63, 3.8) is 0 Å². The highest BCUT2D eigenvalue weighted by Gasteiger charge is 2.23. The summed E-state index contributed by atoms with van der Waals surface area (Å²) in [6, 6.07) is 10.3. The number of hydrogen-bond donors (Lipinski definition) is 0. The van der Waals surface area contributed by atoms with Crippen molar-refractivity contribution in [3.8, 4) is 0 Å². The second-order valence-corrected chi connectivity index (χ2v) is 6.30. The second kappa shape index (κ2) is 8.11. The Balaban J connectivity index is 1.83. The zero-order valence-electron chi connectivity index (χ0n) is 14.0. The van der Waals surface area contributed by atoms with Gasteiger partial charge in [-0.2, -0.15) is 0 Å².